The van der Waals surface area contributed by atoms with Gasteiger partial charge in [0.25, 0.3) is 5.56 Å². The second-order valence-electron chi connectivity index (χ2n) is 5.40. The zero-order valence-corrected chi connectivity index (χ0v) is 11.8. The molecule has 1 aliphatic rings. The van der Waals surface area contributed by atoms with Gasteiger partial charge in [0.1, 0.15) is 5.69 Å². The monoisotopic (exact) mass is 287 g/mol. The molecule has 0 aromatic carbocycles. The molecular weight excluding hydrogens is 270 g/mol. The van der Waals surface area contributed by atoms with Crippen LogP contribution >= 0.6 is 0 Å². The molecular formula is C15H17N3O3. The maximum atomic E-state index is 11.9. The van der Waals surface area contributed by atoms with Gasteiger partial charge in [-0.1, -0.05) is 6.92 Å². The van der Waals surface area contributed by atoms with Gasteiger partial charge >= 0.3 is 0 Å². The van der Waals surface area contributed by atoms with Crippen LogP contribution < -0.4 is 10.9 Å². The minimum atomic E-state index is -0.303. The molecule has 0 aliphatic heterocycles. The fourth-order valence-corrected chi connectivity index (χ4v) is 2.05. The smallest absolute Gasteiger partial charge is 0.266 e. The molecule has 21 heavy (non-hydrogen) atoms. The first-order chi connectivity index (χ1) is 10.1. The summed E-state index contributed by atoms with van der Waals surface area (Å²) in [6, 6.07) is 6.92. The highest BCUT2D eigenvalue weighted by Crippen LogP contribution is 2.19. The van der Waals surface area contributed by atoms with Crippen molar-refractivity contribution in [2.45, 2.75) is 32.4 Å². The van der Waals surface area contributed by atoms with Crippen LogP contribution in [-0.2, 0) is 11.3 Å². The van der Waals surface area contributed by atoms with E-state index < -0.39 is 0 Å². The largest absolute Gasteiger partial charge is 0.463 e. The van der Waals surface area contributed by atoms with Gasteiger partial charge in [0.15, 0.2) is 5.76 Å². The van der Waals surface area contributed by atoms with E-state index in [0.717, 1.165) is 12.8 Å². The number of hydrogen-bond acceptors (Lipinski definition) is 4. The first-order valence-corrected chi connectivity index (χ1v) is 7.06. The Morgan fingerprint density at radius 3 is 2.95 bits per heavy atom. The predicted octanol–water partition coefficient (Wildman–Crippen LogP) is 1.42. The Bertz CT molecular complexity index is 686. The van der Waals surface area contributed by atoms with Crippen molar-refractivity contribution in [3.63, 3.8) is 0 Å². The molecule has 1 saturated carbocycles. The first kappa shape index (κ1) is 13.6. The van der Waals surface area contributed by atoms with Gasteiger partial charge in [0.2, 0.25) is 5.91 Å². The Morgan fingerprint density at radius 1 is 1.48 bits per heavy atom. The van der Waals surface area contributed by atoms with Crippen molar-refractivity contribution >= 4 is 5.91 Å². The average Bonchev–Trinajstić information content (AvgIpc) is 3.11. The Morgan fingerprint density at radius 2 is 2.29 bits per heavy atom. The summed E-state index contributed by atoms with van der Waals surface area (Å²) in [5.41, 5.74) is 0.353. The third-order valence-electron chi connectivity index (χ3n) is 3.46. The lowest BCUT2D eigenvalue weighted by Gasteiger charge is -2.13. The summed E-state index contributed by atoms with van der Waals surface area (Å²) in [7, 11) is 0. The number of carbonyl (C=O) groups excluding carboxylic acids is 1. The van der Waals surface area contributed by atoms with Crippen molar-refractivity contribution in [2.24, 2.45) is 5.92 Å². The number of nitrogens with one attached hydrogen (secondary N) is 1. The van der Waals surface area contributed by atoms with Crippen LogP contribution in [0.4, 0.5) is 0 Å². The Labute approximate surface area is 121 Å². The Kier molecular flexibility index (Phi) is 3.60. The lowest BCUT2D eigenvalue weighted by molar-refractivity contribution is -0.125. The lowest BCUT2D eigenvalue weighted by Crippen LogP contribution is -2.35. The van der Waals surface area contributed by atoms with Gasteiger partial charge in [-0.15, -0.1) is 0 Å². The van der Waals surface area contributed by atoms with Crippen LogP contribution in [0, 0.1) is 5.92 Å². The molecule has 6 heteroatoms. The highest BCUT2D eigenvalue weighted by molar-refractivity contribution is 5.78. The molecule has 1 fully saturated rings. The molecule has 2 aromatic heterocycles. The molecule has 1 atom stereocenters. The maximum Gasteiger partial charge on any atom is 0.266 e. The van der Waals surface area contributed by atoms with E-state index in [1.54, 1.807) is 31.4 Å². The van der Waals surface area contributed by atoms with Crippen molar-refractivity contribution in [3.8, 4) is 11.5 Å². The number of amides is 1. The van der Waals surface area contributed by atoms with Crippen LogP contribution in [0.5, 0.6) is 0 Å². The van der Waals surface area contributed by atoms with Crippen molar-refractivity contribution in [2.75, 3.05) is 0 Å². The van der Waals surface area contributed by atoms with Crippen LogP contribution in [0.2, 0.25) is 0 Å². The number of rotatable bonds is 5. The molecule has 2 heterocycles. The first-order valence-electron chi connectivity index (χ1n) is 7.06. The van der Waals surface area contributed by atoms with Crippen molar-refractivity contribution in [1.82, 2.24) is 15.1 Å². The average molecular weight is 287 g/mol. The van der Waals surface area contributed by atoms with Crippen LogP contribution in [0.25, 0.3) is 11.5 Å². The van der Waals surface area contributed by atoms with Crippen LogP contribution in [0.1, 0.15) is 19.8 Å². The second-order valence-corrected chi connectivity index (χ2v) is 5.40. The Balaban J connectivity index is 1.76. The van der Waals surface area contributed by atoms with Gasteiger partial charge in [0, 0.05) is 12.1 Å². The molecule has 2 aromatic rings. The van der Waals surface area contributed by atoms with Crippen LogP contribution in [0.3, 0.4) is 0 Å². The molecule has 1 amide bonds. The van der Waals surface area contributed by atoms with Crippen molar-refractivity contribution in [1.29, 1.82) is 0 Å². The number of hydrogen-bond donors (Lipinski definition) is 1. The molecule has 110 valence electrons. The summed E-state index contributed by atoms with van der Waals surface area (Å²) in [6.45, 7) is 2.05. The van der Waals surface area contributed by atoms with Crippen LogP contribution in [0.15, 0.2) is 39.7 Å². The number of aromatic nitrogens is 2. The second kappa shape index (κ2) is 5.55. The van der Waals surface area contributed by atoms with E-state index in [0.29, 0.717) is 17.5 Å². The SMILES string of the molecule is CC(Cn1nc(-c2ccco2)ccc1=O)C(=O)NC1CC1. The molecule has 3 rings (SSSR count). The predicted molar refractivity (Wildman–Crippen MR) is 76.5 cm³/mol. The highest BCUT2D eigenvalue weighted by Gasteiger charge is 2.26. The number of nitrogens with zero attached hydrogens (tertiary/aromatic N) is 2. The van der Waals surface area contributed by atoms with Gasteiger partial charge < -0.3 is 9.73 Å². The van der Waals surface area contributed by atoms with Gasteiger partial charge in [-0.25, -0.2) is 4.68 Å². The third kappa shape index (κ3) is 3.21. The van der Waals surface area contributed by atoms with E-state index in [-0.39, 0.29) is 23.9 Å². The summed E-state index contributed by atoms with van der Waals surface area (Å²) < 4.78 is 6.59. The zero-order chi connectivity index (χ0) is 14.8. The maximum absolute atomic E-state index is 11.9. The van der Waals surface area contributed by atoms with Gasteiger partial charge in [0.05, 0.1) is 18.7 Å². The molecule has 6 nitrogen and oxygen atoms in total. The molecule has 1 unspecified atom stereocenters. The summed E-state index contributed by atoms with van der Waals surface area (Å²) in [5.74, 6) is 0.260. The van der Waals surface area contributed by atoms with Gasteiger partial charge in [-0.05, 0) is 31.0 Å². The number of carbonyl (C=O) groups is 1. The van der Waals surface area contributed by atoms with E-state index >= 15 is 0 Å². The highest BCUT2D eigenvalue weighted by atomic mass is 16.3. The fourth-order valence-electron chi connectivity index (χ4n) is 2.05. The minimum Gasteiger partial charge on any atom is -0.463 e. The quantitative estimate of drug-likeness (QED) is 0.902. The fraction of sp³-hybridized carbons (Fsp3) is 0.400. The molecule has 0 radical (unpaired) electrons. The van der Waals surface area contributed by atoms with E-state index in [1.165, 1.54) is 10.7 Å². The molecule has 0 bridgehead atoms. The molecule has 0 spiro atoms. The van der Waals surface area contributed by atoms with Crippen molar-refractivity contribution in [3.05, 3.63) is 40.9 Å². The van der Waals surface area contributed by atoms with E-state index in [2.05, 4.69) is 10.4 Å². The van der Waals surface area contributed by atoms with E-state index in [1.807, 2.05) is 0 Å². The van der Waals surface area contributed by atoms with Crippen molar-refractivity contribution < 1.29 is 9.21 Å². The normalized spacial score (nSPS) is 15.7. The molecule has 0 saturated heterocycles. The summed E-state index contributed by atoms with van der Waals surface area (Å²) in [6.07, 6.45) is 3.65. The van der Waals surface area contributed by atoms with Crippen LogP contribution in [-0.4, -0.2) is 21.7 Å². The third-order valence-corrected chi connectivity index (χ3v) is 3.46. The van der Waals surface area contributed by atoms with E-state index in [9.17, 15) is 9.59 Å². The summed E-state index contributed by atoms with van der Waals surface area (Å²) >= 11 is 0. The number of furan rings is 1. The zero-order valence-electron chi connectivity index (χ0n) is 11.8. The van der Waals surface area contributed by atoms with E-state index in [4.69, 9.17) is 4.42 Å². The Hall–Kier alpha value is -2.37. The lowest BCUT2D eigenvalue weighted by atomic mass is 10.1. The van der Waals surface area contributed by atoms with Gasteiger partial charge in [-0.3, -0.25) is 9.59 Å². The topological polar surface area (TPSA) is 77.1 Å². The molecule has 1 aliphatic carbocycles. The minimum absolute atomic E-state index is 0.0328. The standard InChI is InChI=1S/C15H17N3O3/c1-10(15(20)16-11-4-5-11)9-18-14(19)7-6-12(17-18)13-3-2-8-21-13/h2-3,6-8,10-11H,4-5,9H2,1H3,(H,16,20). The summed E-state index contributed by atoms with van der Waals surface area (Å²) in [5, 5.41) is 7.20. The summed E-state index contributed by atoms with van der Waals surface area (Å²) in [4.78, 5) is 23.8. The van der Waals surface area contributed by atoms with Gasteiger partial charge in [-0.2, -0.15) is 5.10 Å². The molecule has 1 N–H and O–H groups in total.